The second kappa shape index (κ2) is 6.03. The van der Waals surface area contributed by atoms with E-state index in [1.54, 1.807) is 6.92 Å². The standard InChI is InChI=1S/C15H25N3O3/c1-10(2)16-12(19)9-18-13(20)15(3,17-14(18)21)11-7-5-4-6-8-11/h10-11H,4-9H2,1-3H3,(H,16,19)(H,17,21). The zero-order valence-corrected chi connectivity index (χ0v) is 13.1. The van der Waals surface area contributed by atoms with E-state index in [4.69, 9.17) is 0 Å². The van der Waals surface area contributed by atoms with E-state index in [1.165, 1.54) is 6.42 Å². The summed E-state index contributed by atoms with van der Waals surface area (Å²) in [6.07, 6.45) is 5.28. The molecule has 1 saturated carbocycles. The van der Waals surface area contributed by atoms with E-state index in [9.17, 15) is 14.4 Å². The van der Waals surface area contributed by atoms with E-state index in [0.29, 0.717) is 0 Å². The van der Waals surface area contributed by atoms with E-state index in [1.807, 2.05) is 13.8 Å². The van der Waals surface area contributed by atoms with Gasteiger partial charge in [-0.2, -0.15) is 0 Å². The van der Waals surface area contributed by atoms with Crippen molar-refractivity contribution in [3.63, 3.8) is 0 Å². The van der Waals surface area contributed by atoms with Crippen molar-refractivity contribution in [1.82, 2.24) is 15.5 Å². The van der Waals surface area contributed by atoms with Crippen LogP contribution in [0.3, 0.4) is 0 Å². The summed E-state index contributed by atoms with van der Waals surface area (Å²) in [7, 11) is 0. The smallest absolute Gasteiger partial charge is 0.325 e. The number of rotatable bonds is 4. The number of imide groups is 1. The average Bonchev–Trinajstić information content (AvgIpc) is 2.64. The van der Waals surface area contributed by atoms with Crippen molar-refractivity contribution >= 4 is 17.8 Å². The van der Waals surface area contributed by atoms with Crippen LogP contribution in [0.5, 0.6) is 0 Å². The maximum Gasteiger partial charge on any atom is 0.325 e. The molecule has 2 rings (SSSR count). The predicted octanol–water partition coefficient (Wildman–Crippen LogP) is 1.40. The lowest BCUT2D eigenvalue weighted by Crippen LogP contribution is -2.51. The lowest BCUT2D eigenvalue weighted by Gasteiger charge is -2.34. The van der Waals surface area contributed by atoms with Crippen molar-refractivity contribution in [3.8, 4) is 0 Å². The highest BCUT2D eigenvalue weighted by molar-refractivity contribution is 6.09. The zero-order chi connectivity index (χ0) is 15.6. The number of nitrogens with one attached hydrogen (secondary N) is 2. The van der Waals surface area contributed by atoms with Crippen molar-refractivity contribution in [3.05, 3.63) is 0 Å². The highest BCUT2D eigenvalue weighted by atomic mass is 16.2. The first-order valence-electron chi connectivity index (χ1n) is 7.78. The molecular formula is C15H25N3O3. The molecule has 1 aliphatic heterocycles. The third-order valence-electron chi connectivity index (χ3n) is 4.47. The van der Waals surface area contributed by atoms with Gasteiger partial charge < -0.3 is 10.6 Å². The molecule has 0 spiro atoms. The normalized spacial score (nSPS) is 27.1. The molecule has 6 nitrogen and oxygen atoms in total. The van der Waals surface area contributed by atoms with Gasteiger partial charge in [0, 0.05) is 6.04 Å². The molecule has 0 bridgehead atoms. The van der Waals surface area contributed by atoms with Gasteiger partial charge >= 0.3 is 6.03 Å². The summed E-state index contributed by atoms with van der Waals surface area (Å²) in [6.45, 7) is 5.28. The minimum atomic E-state index is -0.852. The second-order valence-corrected chi connectivity index (χ2v) is 6.58. The SMILES string of the molecule is CC(C)NC(=O)CN1C(=O)NC(C)(C2CCCCC2)C1=O. The Kier molecular flexibility index (Phi) is 4.54. The minimum absolute atomic E-state index is 0.0111. The molecule has 2 aliphatic rings. The summed E-state index contributed by atoms with van der Waals surface area (Å²) in [6, 6.07) is -0.463. The monoisotopic (exact) mass is 295 g/mol. The van der Waals surface area contributed by atoms with Crippen LogP contribution in [0, 0.1) is 5.92 Å². The lowest BCUT2D eigenvalue weighted by molar-refractivity contribution is -0.136. The zero-order valence-electron chi connectivity index (χ0n) is 13.1. The quantitative estimate of drug-likeness (QED) is 0.770. The molecule has 2 N–H and O–H groups in total. The van der Waals surface area contributed by atoms with Crippen molar-refractivity contribution < 1.29 is 14.4 Å². The number of urea groups is 1. The Morgan fingerprint density at radius 3 is 2.52 bits per heavy atom. The fourth-order valence-electron chi connectivity index (χ4n) is 3.33. The Balaban J connectivity index is 2.06. The Bertz CT molecular complexity index is 443. The molecule has 1 atom stereocenters. The van der Waals surface area contributed by atoms with Crippen molar-refractivity contribution in [1.29, 1.82) is 0 Å². The number of carbonyl (C=O) groups is 3. The van der Waals surface area contributed by atoms with E-state index >= 15 is 0 Å². The largest absolute Gasteiger partial charge is 0.352 e. The Morgan fingerprint density at radius 2 is 1.95 bits per heavy atom. The average molecular weight is 295 g/mol. The van der Waals surface area contributed by atoms with Gasteiger partial charge in [0.1, 0.15) is 12.1 Å². The second-order valence-electron chi connectivity index (χ2n) is 6.58. The fourth-order valence-corrected chi connectivity index (χ4v) is 3.33. The first kappa shape index (κ1) is 15.8. The molecule has 0 aromatic rings. The Hall–Kier alpha value is -1.59. The molecule has 6 heteroatoms. The summed E-state index contributed by atoms with van der Waals surface area (Å²) in [5, 5.41) is 5.52. The van der Waals surface area contributed by atoms with Crippen molar-refractivity contribution in [2.75, 3.05) is 6.54 Å². The molecule has 0 aromatic carbocycles. The number of hydrogen-bond acceptors (Lipinski definition) is 3. The molecule has 1 heterocycles. The summed E-state index contributed by atoms with van der Waals surface area (Å²) < 4.78 is 0. The van der Waals surface area contributed by atoms with Crippen LogP contribution in [-0.4, -0.2) is 40.9 Å². The van der Waals surface area contributed by atoms with E-state index in [2.05, 4.69) is 10.6 Å². The van der Waals surface area contributed by atoms with Crippen LogP contribution in [0.25, 0.3) is 0 Å². The first-order chi connectivity index (χ1) is 9.84. The van der Waals surface area contributed by atoms with Gasteiger partial charge in [0.25, 0.3) is 5.91 Å². The van der Waals surface area contributed by atoms with Crippen molar-refractivity contribution in [2.45, 2.75) is 64.5 Å². The summed E-state index contributed by atoms with van der Waals surface area (Å²) in [5.74, 6) is -0.402. The number of nitrogens with zero attached hydrogens (tertiary/aromatic N) is 1. The first-order valence-corrected chi connectivity index (χ1v) is 7.78. The van der Waals surface area contributed by atoms with Crippen LogP contribution >= 0.6 is 0 Å². The highest BCUT2D eigenvalue weighted by Gasteiger charge is 2.52. The predicted molar refractivity (Wildman–Crippen MR) is 78.5 cm³/mol. The fraction of sp³-hybridized carbons (Fsp3) is 0.800. The maximum absolute atomic E-state index is 12.6. The van der Waals surface area contributed by atoms with Crippen LogP contribution in [0.15, 0.2) is 0 Å². The summed E-state index contributed by atoms with van der Waals surface area (Å²) in [4.78, 5) is 37.5. The van der Waals surface area contributed by atoms with Gasteiger partial charge in [-0.1, -0.05) is 19.3 Å². The molecule has 0 radical (unpaired) electrons. The van der Waals surface area contributed by atoms with Gasteiger partial charge in [-0.15, -0.1) is 0 Å². The molecule has 1 saturated heterocycles. The van der Waals surface area contributed by atoms with Gasteiger partial charge in [0.05, 0.1) is 0 Å². The van der Waals surface area contributed by atoms with E-state index in [-0.39, 0.29) is 30.3 Å². The third kappa shape index (κ3) is 3.19. The number of amides is 4. The van der Waals surface area contributed by atoms with Crippen LogP contribution in [0.2, 0.25) is 0 Å². The van der Waals surface area contributed by atoms with E-state index in [0.717, 1.165) is 30.6 Å². The molecule has 1 unspecified atom stereocenters. The topological polar surface area (TPSA) is 78.5 Å². The van der Waals surface area contributed by atoms with Gasteiger partial charge in [-0.05, 0) is 39.5 Å². The number of hydrogen-bond donors (Lipinski definition) is 2. The van der Waals surface area contributed by atoms with Crippen LogP contribution in [0.4, 0.5) is 4.79 Å². The Labute approximate surface area is 125 Å². The van der Waals surface area contributed by atoms with Crippen molar-refractivity contribution in [2.24, 2.45) is 5.92 Å². The molecule has 118 valence electrons. The number of carbonyl (C=O) groups excluding carboxylic acids is 3. The maximum atomic E-state index is 12.6. The van der Waals surface area contributed by atoms with Gasteiger partial charge in [-0.25, -0.2) is 4.79 Å². The molecule has 21 heavy (non-hydrogen) atoms. The van der Waals surface area contributed by atoms with E-state index < -0.39 is 11.6 Å². The summed E-state index contributed by atoms with van der Waals surface area (Å²) in [5.41, 5.74) is -0.852. The van der Waals surface area contributed by atoms with Crippen LogP contribution in [0.1, 0.15) is 52.9 Å². The lowest BCUT2D eigenvalue weighted by atomic mass is 9.75. The Morgan fingerprint density at radius 1 is 1.33 bits per heavy atom. The molecule has 0 aromatic heterocycles. The molecular weight excluding hydrogens is 270 g/mol. The molecule has 1 aliphatic carbocycles. The molecule has 4 amide bonds. The minimum Gasteiger partial charge on any atom is -0.352 e. The van der Waals surface area contributed by atoms with Crippen LogP contribution in [-0.2, 0) is 9.59 Å². The third-order valence-corrected chi connectivity index (χ3v) is 4.47. The van der Waals surface area contributed by atoms with Gasteiger partial charge in [0.15, 0.2) is 0 Å². The van der Waals surface area contributed by atoms with Gasteiger partial charge in [-0.3, -0.25) is 14.5 Å². The van der Waals surface area contributed by atoms with Crippen LogP contribution < -0.4 is 10.6 Å². The summed E-state index contributed by atoms with van der Waals surface area (Å²) >= 11 is 0. The highest BCUT2D eigenvalue weighted by Crippen LogP contribution is 2.36. The molecule has 2 fully saturated rings. The van der Waals surface area contributed by atoms with Gasteiger partial charge in [0.2, 0.25) is 5.91 Å².